The zero-order chi connectivity index (χ0) is 14.8. The largest absolute Gasteiger partial charge is 0.508 e. The SMILES string of the molecule is CN(C)CC(C)(C)CNc1ccnc2ccc(O)cc12. The smallest absolute Gasteiger partial charge is 0.116 e. The molecule has 2 rings (SSSR count). The van der Waals surface area contributed by atoms with E-state index in [1.54, 1.807) is 18.3 Å². The fraction of sp³-hybridized carbons (Fsp3) is 0.438. The van der Waals surface area contributed by atoms with Crippen molar-refractivity contribution < 1.29 is 5.11 Å². The molecule has 4 nitrogen and oxygen atoms in total. The van der Waals surface area contributed by atoms with Gasteiger partial charge in [-0.05, 0) is 43.8 Å². The van der Waals surface area contributed by atoms with Crippen LogP contribution in [0.3, 0.4) is 0 Å². The van der Waals surface area contributed by atoms with Gasteiger partial charge in [-0.3, -0.25) is 4.98 Å². The second-order valence-electron chi connectivity index (χ2n) is 6.32. The number of phenolic OH excluding ortho intramolecular Hbond substituents is 1. The fourth-order valence-corrected chi connectivity index (χ4v) is 2.53. The zero-order valence-electron chi connectivity index (χ0n) is 12.6. The molecule has 0 atom stereocenters. The number of fused-ring (bicyclic) bond motifs is 1. The van der Waals surface area contributed by atoms with Crippen LogP contribution in [-0.4, -0.2) is 42.2 Å². The molecule has 0 fully saturated rings. The Labute approximate surface area is 120 Å². The molecular weight excluding hydrogens is 250 g/mol. The number of phenols is 1. The number of benzene rings is 1. The number of aromatic hydroxyl groups is 1. The highest BCUT2D eigenvalue weighted by Gasteiger charge is 2.19. The second-order valence-corrected chi connectivity index (χ2v) is 6.32. The van der Waals surface area contributed by atoms with E-state index >= 15 is 0 Å². The number of nitrogens with one attached hydrogen (secondary N) is 1. The Hall–Kier alpha value is -1.81. The van der Waals surface area contributed by atoms with E-state index in [9.17, 15) is 5.11 Å². The molecule has 0 aliphatic rings. The lowest BCUT2D eigenvalue weighted by atomic mass is 9.93. The van der Waals surface area contributed by atoms with Crippen molar-refractivity contribution in [2.45, 2.75) is 13.8 Å². The predicted octanol–water partition coefficient (Wildman–Crippen LogP) is 2.94. The van der Waals surface area contributed by atoms with E-state index in [0.717, 1.165) is 29.7 Å². The van der Waals surface area contributed by atoms with Gasteiger partial charge in [0.15, 0.2) is 0 Å². The molecule has 0 spiro atoms. The number of hydrogen-bond acceptors (Lipinski definition) is 4. The third-order valence-corrected chi connectivity index (χ3v) is 3.23. The van der Waals surface area contributed by atoms with Gasteiger partial charge in [0.1, 0.15) is 5.75 Å². The lowest BCUT2D eigenvalue weighted by Crippen LogP contribution is -2.34. The van der Waals surface area contributed by atoms with Crippen LogP contribution in [0.15, 0.2) is 30.5 Å². The summed E-state index contributed by atoms with van der Waals surface area (Å²) in [5.74, 6) is 0.265. The van der Waals surface area contributed by atoms with Crippen molar-refractivity contribution in [1.29, 1.82) is 0 Å². The highest BCUT2D eigenvalue weighted by atomic mass is 16.3. The molecule has 0 radical (unpaired) electrons. The average Bonchev–Trinajstić information content (AvgIpc) is 2.35. The number of hydrogen-bond donors (Lipinski definition) is 2. The molecule has 1 aromatic carbocycles. The van der Waals surface area contributed by atoms with Crippen LogP contribution in [0, 0.1) is 5.41 Å². The van der Waals surface area contributed by atoms with Gasteiger partial charge in [0, 0.05) is 30.4 Å². The Morgan fingerprint density at radius 1 is 1.25 bits per heavy atom. The Morgan fingerprint density at radius 2 is 2.00 bits per heavy atom. The third kappa shape index (κ3) is 3.61. The fourth-order valence-electron chi connectivity index (χ4n) is 2.53. The van der Waals surface area contributed by atoms with Crippen LogP contribution in [-0.2, 0) is 0 Å². The van der Waals surface area contributed by atoms with Crippen molar-refractivity contribution in [2.75, 3.05) is 32.5 Å². The molecule has 1 aromatic heterocycles. The van der Waals surface area contributed by atoms with E-state index in [2.05, 4.69) is 43.1 Å². The third-order valence-electron chi connectivity index (χ3n) is 3.23. The first-order valence-electron chi connectivity index (χ1n) is 6.84. The van der Waals surface area contributed by atoms with Crippen LogP contribution in [0.25, 0.3) is 10.9 Å². The average molecular weight is 273 g/mol. The standard InChI is InChI=1S/C16H23N3O/c1-16(2,11-19(3)4)10-18-15-7-8-17-14-6-5-12(20)9-13(14)15/h5-9,20H,10-11H2,1-4H3,(H,17,18). The molecule has 0 aliphatic carbocycles. The van der Waals surface area contributed by atoms with Gasteiger partial charge in [-0.25, -0.2) is 0 Å². The second kappa shape index (κ2) is 5.67. The van der Waals surface area contributed by atoms with E-state index in [0.29, 0.717) is 0 Å². The van der Waals surface area contributed by atoms with Crippen molar-refractivity contribution in [3.05, 3.63) is 30.5 Å². The Kier molecular flexibility index (Phi) is 4.14. The van der Waals surface area contributed by atoms with Crippen molar-refractivity contribution in [1.82, 2.24) is 9.88 Å². The maximum absolute atomic E-state index is 9.64. The molecule has 0 saturated heterocycles. The summed E-state index contributed by atoms with van der Waals surface area (Å²) in [6.07, 6.45) is 1.79. The van der Waals surface area contributed by atoms with Gasteiger partial charge < -0.3 is 15.3 Å². The molecule has 0 amide bonds. The van der Waals surface area contributed by atoms with E-state index in [4.69, 9.17) is 0 Å². The number of nitrogens with zero attached hydrogens (tertiary/aromatic N) is 2. The highest BCUT2D eigenvalue weighted by molar-refractivity contribution is 5.91. The lowest BCUT2D eigenvalue weighted by Gasteiger charge is -2.29. The molecule has 0 aliphatic heterocycles. The summed E-state index contributed by atoms with van der Waals surface area (Å²) < 4.78 is 0. The number of aromatic nitrogens is 1. The van der Waals surface area contributed by atoms with Gasteiger partial charge in [-0.15, -0.1) is 0 Å². The summed E-state index contributed by atoms with van der Waals surface area (Å²) in [5, 5.41) is 14.1. The van der Waals surface area contributed by atoms with Crippen molar-refractivity contribution >= 4 is 16.6 Å². The summed E-state index contributed by atoms with van der Waals surface area (Å²) in [6.45, 7) is 6.34. The minimum atomic E-state index is 0.163. The maximum atomic E-state index is 9.64. The number of pyridine rings is 1. The normalized spacial score (nSPS) is 12.1. The van der Waals surface area contributed by atoms with Gasteiger partial charge >= 0.3 is 0 Å². The molecule has 2 aromatic rings. The van der Waals surface area contributed by atoms with Gasteiger partial charge in [0.25, 0.3) is 0 Å². The van der Waals surface area contributed by atoms with E-state index in [1.807, 2.05) is 12.1 Å². The van der Waals surface area contributed by atoms with Crippen LogP contribution < -0.4 is 5.32 Å². The molecule has 2 N–H and O–H groups in total. The quantitative estimate of drug-likeness (QED) is 0.879. The molecule has 1 heterocycles. The summed E-state index contributed by atoms with van der Waals surface area (Å²) in [6, 6.07) is 7.20. The van der Waals surface area contributed by atoms with Crippen molar-refractivity contribution in [3.8, 4) is 5.75 Å². The van der Waals surface area contributed by atoms with Crippen LogP contribution >= 0.6 is 0 Å². The van der Waals surface area contributed by atoms with Crippen LogP contribution in [0.2, 0.25) is 0 Å². The minimum Gasteiger partial charge on any atom is -0.508 e. The lowest BCUT2D eigenvalue weighted by molar-refractivity contribution is 0.254. The Balaban J connectivity index is 2.20. The monoisotopic (exact) mass is 273 g/mol. The zero-order valence-corrected chi connectivity index (χ0v) is 12.6. The molecule has 0 bridgehead atoms. The van der Waals surface area contributed by atoms with Crippen LogP contribution in [0.1, 0.15) is 13.8 Å². The van der Waals surface area contributed by atoms with Crippen LogP contribution in [0.4, 0.5) is 5.69 Å². The predicted molar refractivity (Wildman–Crippen MR) is 84.2 cm³/mol. The summed E-state index contributed by atoms with van der Waals surface area (Å²) >= 11 is 0. The van der Waals surface area contributed by atoms with E-state index in [-0.39, 0.29) is 11.2 Å². The maximum Gasteiger partial charge on any atom is 0.116 e. The van der Waals surface area contributed by atoms with Gasteiger partial charge in [0.2, 0.25) is 0 Å². The molecule has 108 valence electrons. The molecule has 20 heavy (non-hydrogen) atoms. The first kappa shape index (κ1) is 14.6. The number of rotatable bonds is 5. The van der Waals surface area contributed by atoms with Gasteiger partial charge in [-0.1, -0.05) is 13.8 Å². The highest BCUT2D eigenvalue weighted by Crippen LogP contribution is 2.26. The van der Waals surface area contributed by atoms with Crippen molar-refractivity contribution in [3.63, 3.8) is 0 Å². The first-order valence-corrected chi connectivity index (χ1v) is 6.84. The molecule has 0 saturated carbocycles. The Bertz CT molecular complexity index is 593. The first-order chi connectivity index (χ1) is 9.37. The molecule has 0 unspecified atom stereocenters. The molecule has 4 heteroatoms. The van der Waals surface area contributed by atoms with Crippen molar-refractivity contribution in [2.24, 2.45) is 5.41 Å². The Morgan fingerprint density at radius 3 is 2.70 bits per heavy atom. The summed E-state index contributed by atoms with van der Waals surface area (Å²) in [7, 11) is 4.17. The summed E-state index contributed by atoms with van der Waals surface area (Å²) in [4.78, 5) is 6.51. The van der Waals surface area contributed by atoms with Gasteiger partial charge in [-0.2, -0.15) is 0 Å². The topological polar surface area (TPSA) is 48.4 Å². The van der Waals surface area contributed by atoms with Gasteiger partial charge in [0.05, 0.1) is 5.52 Å². The summed E-state index contributed by atoms with van der Waals surface area (Å²) in [5.41, 5.74) is 2.06. The molecular formula is C16H23N3O. The van der Waals surface area contributed by atoms with E-state index < -0.39 is 0 Å². The van der Waals surface area contributed by atoms with E-state index in [1.165, 1.54) is 0 Å². The van der Waals surface area contributed by atoms with Crippen LogP contribution in [0.5, 0.6) is 5.75 Å². The number of anilines is 1. The minimum absolute atomic E-state index is 0.163.